The van der Waals surface area contributed by atoms with Gasteiger partial charge in [-0.1, -0.05) is 20.8 Å². The van der Waals surface area contributed by atoms with Crippen molar-refractivity contribution in [3.05, 3.63) is 29.1 Å². The summed E-state index contributed by atoms with van der Waals surface area (Å²) in [6.45, 7) is 13.2. The van der Waals surface area contributed by atoms with Crippen LogP contribution in [0.25, 0.3) is 10.1 Å². The van der Waals surface area contributed by atoms with Crippen LogP contribution in [-0.2, 0) is 0 Å². The molecule has 0 aliphatic carbocycles. The Kier molecular flexibility index (Phi) is 4.49. The predicted octanol–water partition coefficient (Wildman–Crippen LogP) is 5.33. The van der Waals surface area contributed by atoms with Crippen molar-refractivity contribution < 1.29 is 9.63 Å². The van der Waals surface area contributed by atoms with E-state index in [1.807, 2.05) is 6.92 Å². The van der Waals surface area contributed by atoms with E-state index in [1.54, 1.807) is 11.3 Å². The Bertz CT molecular complexity index is 631. The van der Waals surface area contributed by atoms with Gasteiger partial charge in [0.1, 0.15) is 5.75 Å². The first kappa shape index (κ1) is 16.5. The number of nitrogens with one attached hydrogen (secondary N) is 1. The first-order chi connectivity index (χ1) is 9.64. The third kappa shape index (κ3) is 3.48. The zero-order valence-electron chi connectivity index (χ0n) is 13.7. The van der Waals surface area contributed by atoms with Crippen LogP contribution in [0.3, 0.4) is 0 Å². The summed E-state index contributed by atoms with van der Waals surface area (Å²) in [5.41, 5.74) is 2.30. The van der Waals surface area contributed by atoms with Gasteiger partial charge in [-0.25, -0.2) is 0 Å². The van der Waals surface area contributed by atoms with Crippen LogP contribution in [0.15, 0.2) is 24.3 Å². The summed E-state index contributed by atoms with van der Waals surface area (Å²) in [6.07, 6.45) is 0. The van der Waals surface area contributed by atoms with Crippen molar-refractivity contribution in [2.24, 2.45) is 0 Å². The van der Waals surface area contributed by atoms with Crippen LogP contribution in [0.2, 0.25) is 18.1 Å². The van der Waals surface area contributed by atoms with Crippen LogP contribution in [0.5, 0.6) is 5.75 Å². The number of hydrogen-bond acceptors (Lipinski definition) is 4. The third-order valence-electron chi connectivity index (χ3n) is 4.31. The fourth-order valence-electron chi connectivity index (χ4n) is 1.83. The maximum Gasteiger partial charge on any atom is 0.250 e. The Hall–Kier alpha value is -0.883. The minimum Gasteiger partial charge on any atom is -0.543 e. The van der Waals surface area contributed by atoms with Gasteiger partial charge in [-0.15, -0.1) is 11.3 Å². The summed E-state index contributed by atoms with van der Waals surface area (Å²) < 4.78 is 7.57. The van der Waals surface area contributed by atoms with E-state index in [-0.39, 0.29) is 11.1 Å². The van der Waals surface area contributed by atoms with Gasteiger partial charge in [-0.05, 0) is 54.7 Å². The van der Waals surface area contributed by atoms with Crippen molar-refractivity contribution in [1.29, 1.82) is 0 Å². The highest BCUT2D eigenvalue weighted by atomic mass is 32.1. The highest BCUT2D eigenvalue weighted by Gasteiger charge is 2.38. The summed E-state index contributed by atoms with van der Waals surface area (Å²) in [5.74, 6) is 0.947. The SMILES string of the molecule is CC(NO)c1cc2cc(O[Si](C)(C)C(C)(C)C)ccc2s1. The lowest BCUT2D eigenvalue weighted by molar-refractivity contribution is 0.135. The van der Waals surface area contributed by atoms with Gasteiger partial charge in [0.25, 0.3) is 0 Å². The number of thiophene rings is 1. The summed E-state index contributed by atoms with van der Waals surface area (Å²) in [5, 5.41) is 10.4. The molecule has 5 heteroatoms. The molecule has 0 aliphatic rings. The smallest absolute Gasteiger partial charge is 0.250 e. The molecule has 1 unspecified atom stereocenters. The van der Waals surface area contributed by atoms with E-state index in [0.717, 1.165) is 10.6 Å². The van der Waals surface area contributed by atoms with Crippen molar-refractivity contribution in [1.82, 2.24) is 5.48 Å². The maximum atomic E-state index is 9.05. The normalized spacial score (nSPS) is 14.4. The molecule has 0 amide bonds. The first-order valence-corrected chi connectivity index (χ1v) is 11.0. The Morgan fingerprint density at radius 2 is 1.90 bits per heavy atom. The quantitative estimate of drug-likeness (QED) is 0.590. The standard InChI is InChI=1S/C16H25NO2SSi/c1-11(17-18)15-10-12-9-13(7-8-14(12)20-15)19-21(5,6)16(2,3)4/h7-11,17-18H,1-6H3. The molecule has 0 radical (unpaired) electrons. The molecule has 1 heterocycles. The second-order valence-corrected chi connectivity index (χ2v) is 12.9. The number of hydroxylamine groups is 1. The largest absolute Gasteiger partial charge is 0.543 e. The summed E-state index contributed by atoms with van der Waals surface area (Å²) in [4.78, 5) is 1.12. The molecule has 1 aromatic heterocycles. The lowest BCUT2D eigenvalue weighted by Gasteiger charge is -2.36. The molecule has 1 aromatic carbocycles. The zero-order chi connectivity index (χ0) is 15.8. The van der Waals surface area contributed by atoms with Gasteiger partial charge in [-0.3, -0.25) is 0 Å². The number of rotatable bonds is 4. The molecular formula is C16H25NO2SSi. The van der Waals surface area contributed by atoms with Crippen molar-refractivity contribution in [2.45, 2.75) is 51.9 Å². The zero-order valence-corrected chi connectivity index (χ0v) is 15.5. The lowest BCUT2D eigenvalue weighted by Crippen LogP contribution is -2.43. The van der Waals surface area contributed by atoms with E-state index >= 15 is 0 Å². The van der Waals surface area contributed by atoms with E-state index < -0.39 is 8.32 Å². The first-order valence-electron chi connectivity index (χ1n) is 7.26. The van der Waals surface area contributed by atoms with Gasteiger partial charge in [0.15, 0.2) is 0 Å². The minimum atomic E-state index is -1.80. The molecular weight excluding hydrogens is 298 g/mol. The second-order valence-electron chi connectivity index (χ2n) is 7.06. The molecule has 1 atom stereocenters. The minimum absolute atomic E-state index is 0.0489. The molecule has 21 heavy (non-hydrogen) atoms. The van der Waals surface area contributed by atoms with Gasteiger partial charge in [0.2, 0.25) is 8.32 Å². The van der Waals surface area contributed by atoms with Crippen molar-refractivity contribution >= 4 is 29.7 Å². The van der Waals surface area contributed by atoms with Gasteiger partial charge < -0.3 is 9.63 Å². The Morgan fingerprint density at radius 1 is 1.24 bits per heavy atom. The molecule has 0 bridgehead atoms. The van der Waals surface area contributed by atoms with Crippen molar-refractivity contribution in [3.63, 3.8) is 0 Å². The Balaban J connectivity index is 2.31. The Labute approximate surface area is 132 Å². The number of benzene rings is 1. The Morgan fingerprint density at radius 3 is 2.48 bits per heavy atom. The van der Waals surface area contributed by atoms with Crippen LogP contribution in [0.4, 0.5) is 0 Å². The van der Waals surface area contributed by atoms with Crippen LogP contribution in [0.1, 0.15) is 38.6 Å². The van der Waals surface area contributed by atoms with Crippen LogP contribution < -0.4 is 9.91 Å². The molecule has 116 valence electrons. The van der Waals surface area contributed by atoms with Crippen molar-refractivity contribution in [2.75, 3.05) is 0 Å². The highest BCUT2D eigenvalue weighted by Crippen LogP contribution is 2.39. The highest BCUT2D eigenvalue weighted by molar-refractivity contribution is 7.19. The van der Waals surface area contributed by atoms with E-state index in [2.05, 4.69) is 63.6 Å². The molecule has 0 fully saturated rings. The molecule has 2 aromatic rings. The number of fused-ring (bicyclic) bond motifs is 1. The molecule has 0 saturated heterocycles. The van der Waals surface area contributed by atoms with Gasteiger partial charge in [0.05, 0.1) is 6.04 Å². The van der Waals surface area contributed by atoms with Crippen LogP contribution in [-0.4, -0.2) is 13.5 Å². The van der Waals surface area contributed by atoms with Crippen LogP contribution >= 0.6 is 11.3 Å². The molecule has 2 N–H and O–H groups in total. The second kappa shape index (κ2) is 5.72. The molecule has 0 spiro atoms. The maximum absolute atomic E-state index is 9.05. The fourth-order valence-corrected chi connectivity index (χ4v) is 3.89. The predicted molar refractivity (Wildman–Crippen MR) is 93.0 cm³/mol. The molecule has 3 nitrogen and oxygen atoms in total. The third-order valence-corrected chi connectivity index (χ3v) is 9.96. The molecule has 2 rings (SSSR count). The van der Waals surface area contributed by atoms with E-state index in [1.165, 1.54) is 10.1 Å². The van der Waals surface area contributed by atoms with Crippen LogP contribution in [0, 0.1) is 0 Å². The van der Waals surface area contributed by atoms with Gasteiger partial charge in [0, 0.05) is 9.58 Å². The molecule has 0 saturated carbocycles. The van der Waals surface area contributed by atoms with E-state index in [0.29, 0.717) is 0 Å². The van der Waals surface area contributed by atoms with Gasteiger partial charge in [-0.2, -0.15) is 5.48 Å². The van der Waals surface area contributed by atoms with Gasteiger partial charge >= 0.3 is 0 Å². The monoisotopic (exact) mass is 323 g/mol. The average molecular weight is 324 g/mol. The van der Waals surface area contributed by atoms with Crippen molar-refractivity contribution in [3.8, 4) is 5.75 Å². The topological polar surface area (TPSA) is 41.5 Å². The fraction of sp³-hybridized carbons (Fsp3) is 0.500. The lowest BCUT2D eigenvalue weighted by atomic mass is 10.2. The van der Waals surface area contributed by atoms with E-state index in [4.69, 9.17) is 9.63 Å². The average Bonchev–Trinajstić information content (AvgIpc) is 2.79. The summed E-state index contributed by atoms with van der Waals surface area (Å²) in [6, 6.07) is 8.34. The summed E-state index contributed by atoms with van der Waals surface area (Å²) in [7, 11) is -1.80. The summed E-state index contributed by atoms with van der Waals surface area (Å²) >= 11 is 1.70. The molecule has 0 aliphatic heterocycles. The van der Waals surface area contributed by atoms with E-state index in [9.17, 15) is 0 Å². The number of hydrogen-bond donors (Lipinski definition) is 2.